The van der Waals surface area contributed by atoms with Crippen LogP contribution in [0.4, 0.5) is 15.8 Å². The average Bonchev–Trinajstić information content (AvgIpc) is 2.66. The number of nitrogens with two attached hydrogens (primary N) is 1. The molecule has 0 saturated carbocycles. The standard InChI is InChI=1S/C11H12FN3S/c1-7-14-5-9(16-7)6-15-11-4-8(12)2-3-10(11)13/h2-5,15H,6,13H2,1H3. The summed E-state index contributed by atoms with van der Waals surface area (Å²) in [5.41, 5.74) is 6.88. The van der Waals surface area contributed by atoms with Gasteiger partial charge < -0.3 is 11.1 Å². The van der Waals surface area contributed by atoms with Gasteiger partial charge in [-0.15, -0.1) is 11.3 Å². The third kappa shape index (κ3) is 2.49. The molecule has 0 fully saturated rings. The summed E-state index contributed by atoms with van der Waals surface area (Å²) in [7, 11) is 0. The second-order valence-corrected chi connectivity index (χ2v) is 4.75. The van der Waals surface area contributed by atoms with Gasteiger partial charge in [0.15, 0.2) is 0 Å². The van der Waals surface area contributed by atoms with E-state index in [4.69, 9.17) is 5.73 Å². The largest absolute Gasteiger partial charge is 0.397 e. The van der Waals surface area contributed by atoms with Gasteiger partial charge in [0.25, 0.3) is 0 Å². The number of nitrogen functional groups attached to an aromatic ring is 1. The van der Waals surface area contributed by atoms with E-state index in [1.807, 2.05) is 13.1 Å². The summed E-state index contributed by atoms with van der Waals surface area (Å²) in [6.45, 7) is 2.56. The van der Waals surface area contributed by atoms with Crippen LogP contribution in [-0.4, -0.2) is 4.98 Å². The van der Waals surface area contributed by atoms with Crippen molar-refractivity contribution in [3.8, 4) is 0 Å². The number of nitrogens with zero attached hydrogens (tertiary/aromatic N) is 1. The number of anilines is 2. The molecular weight excluding hydrogens is 225 g/mol. The van der Waals surface area contributed by atoms with Gasteiger partial charge in [0, 0.05) is 11.1 Å². The number of hydrogen-bond donors (Lipinski definition) is 2. The summed E-state index contributed by atoms with van der Waals surface area (Å²) in [6, 6.07) is 4.29. The zero-order valence-corrected chi connectivity index (χ0v) is 9.64. The molecule has 0 amide bonds. The summed E-state index contributed by atoms with van der Waals surface area (Å²) < 4.78 is 13.0. The Bertz CT molecular complexity index is 496. The van der Waals surface area contributed by atoms with Crippen molar-refractivity contribution in [2.24, 2.45) is 0 Å². The molecule has 2 aromatic rings. The van der Waals surface area contributed by atoms with E-state index in [0.717, 1.165) is 9.88 Å². The van der Waals surface area contributed by atoms with Crippen LogP contribution in [0.25, 0.3) is 0 Å². The van der Waals surface area contributed by atoms with E-state index in [1.165, 1.54) is 12.1 Å². The minimum Gasteiger partial charge on any atom is -0.397 e. The van der Waals surface area contributed by atoms with Crippen LogP contribution in [0.1, 0.15) is 9.88 Å². The fraction of sp³-hybridized carbons (Fsp3) is 0.182. The Morgan fingerprint density at radius 3 is 3.00 bits per heavy atom. The highest BCUT2D eigenvalue weighted by atomic mass is 32.1. The van der Waals surface area contributed by atoms with E-state index < -0.39 is 0 Å². The zero-order chi connectivity index (χ0) is 11.5. The second kappa shape index (κ2) is 4.49. The van der Waals surface area contributed by atoms with Crippen molar-refractivity contribution in [3.05, 3.63) is 40.1 Å². The number of aryl methyl sites for hydroxylation is 1. The molecule has 0 aliphatic rings. The Hall–Kier alpha value is -1.62. The van der Waals surface area contributed by atoms with Crippen LogP contribution in [-0.2, 0) is 6.54 Å². The lowest BCUT2D eigenvalue weighted by molar-refractivity contribution is 0.628. The fourth-order valence-electron chi connectivity index (χ4n) is 1.35. The molecule has 3 nitrogen and oxygen atoms in total. The van der Waals surface area contributed by atoms with Crippen LogP contribution in [0.3, 0.4) is 0 Å². The van der Waals surface area contributed by atoms with Gasteiger partial charge in [-0.3, -0.25) is 0 Å². The molecule has 2 rings (SSSR count). The summed E-state index contributed by atoms with van der Waals surface area (Å²) >= 11 is 1.61. The predicted octanol–water partition coefficient (Wildman–Crippen LogP) is 2.78. The summed E-state index contributed by atoms with van der Waals surface area (Å²) in [6.07, 6.45) is 1.81. The molecular formula is C11H12FN3S. The monoisotopic (exact) mass is 237 g/mol. The lowest BCUT2D eigenvalue weighted by Gasteiger charge is -2.07. The summed E-state index contributed by atoms with van der Waals surface area (Å²) in [5.74, 6) is -0.294. The molecule has 1 heterocycles. The quantitative estimate of drug-likeness (QED) is 0.807. The maximum atomic E-state index is 13.0. The van der Waals surface area contributed by atoms with Crippen LogP contribution < -0.4 is 11.1 Å². The molecule has 0 bridgehead atoms. The highest BCUT2D eigenvalue weighted by molar-refractivity contribution is 7.11. The average molecular weight is 237 g/mol. The van der Waals surface area contributed by atoms with E-state index in [1.54, 1.807) is 17.4 Å². The molecule has 0 aliphatic heterocycles. The highest BCUT2D eigenvalue weighted by Crippen LogP contribution is 2.21. The molecule has 0 saturated heterocycles. The van der Waals surface area contributed by atoms with Crippen LogP contribution in [0.2, 0.25) is 0 Å². The Morgan fingerprint density at radius 2 is 2.31 bits per heavy atom. The van der Waals surface area contributed by atoms with Crippen molar-refractivity contribution in [1.82, 2.24) is 4.98 Å². The van der Waals surface area contributed by atoms with Crippen LogP contribution in [0, 0.1) is 12.7 Å². The molecule has 0 unspecified atom stereocenters. The van der Waals surface area contributed by atoms with Gasteiger partial charge in [0.05, 0.1) is 22.9 Å². The van der Waals surface area contributed by atoms with Crippen LogP contribution in [0.5, 0.6) is 0 Å². The number of halogens is 1. The van der Waals surface area contributed by atoms with Gasteiger partial charge in [0.1, 0.15) is 5.82 Å². The van der Waals surface area contributed by atoms with Crippen LogP contribution >= 0.6 is 11.3 Å². The second-order valence-electron chi connectivity index (χ2n) is 3.43. The lowest BCUT2D eigenvalue weighted by Crippen LogP contribution is -2.01. The lowest BCUT2D eigenvalue weighted by atomic mass is 10.2. The Balaban J connectivity index is 2.07. The Morgan fingerprint density at radius 1 is 1.50 bits per heavy atom. The third-order valence-corrected chi connectivity index (χ3v) is 3.05. The SMILES string of the molecule is Cc1ncc(CNc2cc(F)ccc2N)s1. The molecule has 16 heavy (non-hydrogen) atoms. The Kier molecular flexibility index (Phi) is 3.05. The van der Waals surface area contributed by atoms with E-state index >= 15 is 0 Å². The summed E-state index contributed by atoms with van der Waals surface area (Å²) in [4.78, 5) is 5.24. The maximum Gasteiger partial charge on any atom is 0.125 e. The van der Waals surface area contributed by atoms with E-state index in [9.17, 15) is 4.39 Å². The normalized spacial score (nSPS) is 10.4. The number of hydrogen-bond acceptors (Lipinski definition) is 4. The third-order valence-electron chi connectivity index (χ3n) is 2.14. The predicted molar refractivity (Wildman–Crippen MR) is 65.0 cm³/mol. The van der Waals surface area contributed by atoms with Crippen molar-refractivity contribution in [1.29, 1.82) is 0 Å². The minimum atomic E-state index is -0.294. The highest BCUT2D eigenvalue weighted by Gasteiger charge is 2.02. The molecule has 5 heteroatoms. The molecule has 0 atom stereocenters. The van der Waals surface area contributed by atoms with Gasteiger partial charge in [-0.05, 0) is 25.1 Å². The molecule has 84 valence electrons. The number of rotatable bonds is 3. The number of aromatic nitrogens is 1. The molecule has 0 radical (unpaired) electrons. The number of nitrogens with one attached hydrogen (secondary N) is 1. The first-order chi connectivity index (χ1) is 7.65. The molecule has 1 aromatic carbocycles. The van der Waals surface area contributed by atoms with Crippen molar-refractivity contribution in [2.75, 3.05) is 11.1 Å². The number of benzene rings is 1. The van der Waals surface area contributed by atoms with E-state index in [2.05, 4.69) is 10.3 Å². The smallest absolute Gasteiger partial charge is 0.125 e. The molecule has 0 spiro atoms. The Labute approximate surface area is 97.1 Å². The molecule has 1 aromatic heterocycles. The minimum absolute atomic E-state index is 0.294. The van der Waals surface area contributed by atoms with Crippen molar-refractivity contribution >= 4 is 22.7 Å². The first-order valence-electron chi connectivity index (χ1n) is 4.85. The van der Waals surface area contributed by atoms with Crippen LogP contribution in [0.15, 0.2) is 24.4 Å². The van der Waals surface area contributed by atoms with E-state index in [0.29, 0.717) is 17.9 Å². The maximum absolute atomic E-state index is 13.0. The number of thiazole rings is 1. The first kappa shape index (κ1) is 10.9. The van der Waals surface area contributed by atoms with Gasteiger partial charge >= 0.3 is 0 Å². The zero-order valence-electron chi connectivity index (χ0n) is 8.83. The van der Waals surface area contributed by atoms with Crippen molar-refractivity contribution < 1.29 is 4.39 Å². The molecule has 0 aliphatic carbocycles. The first-order valence-corrected chi connectivity index (χ1v) is 5.67. The van der Waals surface area contributed by atoms with Crippen molar-refractivity contribution in [3.63, 3.8) is 0 Å². The van der Waals surface area contributed by atoms with E-state index in [-0.39, 0.29) is 5.82 Å². The van der Waals surface area contributed by atoms with Gasteiger partial charge in [-0.2, -0.15) is 0 Å². The van der Waals surface area contributed by atoms with Gasteiger partial charge in [-0.1, -0.05) is 0 Å². The fourth-order valence-corrected chi connectivity index (χ4v) is 2.09. The molecule has 3 N–H and O–H groups in total. The van der Waals surface area contributed by atoms with Gasteiger partial charge in [-0.25, -0.2) is 9.37 Å². The topological polar surface area (TPSA) is 50.9 Å². The van der Waals surface area contributed by atoms with Gasteiger partial charge in [0.2, 0.25) is 0 Å². The van der Waals surface area contributed by atoms with Crippen molar-refractivity contribution in [2.45, 2.75) is 13.5 Å². The summed E-state index contributed by atoms with van der Waals surface area (Å²) in [5, 5.41) is 4.11.